The molecule has 4 nitrogen and oxygen atoms in total. The quantitative estimate of drug-likeness (QED) is 0.108. The molecule has 0 spiro atoms. The fourth-order valence-electron chi connectivity index (χ4n) is 26.3. The van der Waals surface area contributed by atoms with Gasteiger partial charge >= 0.3 is 0 Å². The summed E-state index contributed by atoms with van der Waals surface area (Å²) in [5.74, 6) is 0. The molecule has 6 aliphatic carbocycles. The average Bonchev–Trinajstić information content (AvgIpc) is 1.53. The smallest absolute Gasteiger partial charge is 0.143 e. The van der Waals surface area contributed by atoms with E-state index in [4.69, 9.17) is 4.42 Å². The molecule has 1 heterocycles. The average molecular weight is 1900 g/mol. The first-order valence-electron chi connectivity index (χ1n) is 52.0. The third-order valence-electron chi connectivity index (χ3n) is 32.9. The lowest BCUT2D eigenvalue weighted by Gasteiger charge is -2.35. The second-order valence-electron chi connectivity index (χ2n) is 41.4. The molecule has 0 N–H and O–H groups in total. The van der Waals surface area contributed by atoms with E-state index in [0.717, 1.165) is 67.2 Å². The highest BCUT2D eigenvalue weighted by Gasteiger charge is 2.48. The largest absolute Gasteiger partial charge is 0.455 e. The molecule has 0 aliphatic heterocycles. The van der Waals surface area contributed by atoms with Crippen molar-refractivity contribution in [2.75, 3.05) is 14.7 Å². The Labute approximate surface area is 868 Å². The summed E-state index contributed by atoms with van der Waals surface area (Å²) in [5.41, 5.74) is 52.9. The number of anilines is 9. The van der Waals surface area contributed by atoms with E-state index in [1.807, 2.05) is 12.1 Å². The number of furan rings is 1. The van der Waals surface area contributed by atoms with Crippen molar-refractivity contribution in [2.24, 2.45) is 0 Å². The highest BCUT2D eigenvalue weighted by molar-refractivity contribution is 6.23. The maximum Gasteiger partial charge on any atom is 0.143 e. The van der Waals surface area contributed by atoms with Crippen LogP contribution in [-0.2, 0) is 16.2 Å². The Morgan fingerprint density at radius 3 is 0.933 bits per heavy atom. The monoisotopic (exact) mass is 1900 g/mol. The van der Waals surface area contributed by atoms with Gasteiger partial charge in [-0.25, -0.2) is 0 Å². The summed E-state index contributed by atoms with van der Waals surface area (Å²) in [7, 11) is 0. The molecule has 0 saturated heterocycles. The van der Waals surface area contributed by atoms with Crippen LogP contribution in [0.4, 0.5) is 51.2 Å². The highest BCUT2D eigenvalue weighted by atomic mass is 16.3. The molecular formula is C145H99N3O. The van der Waals surface area contributed by atoms with Crippen LogP contribution in [0.3, 0.4) is 0 Å². The van der Waals surface area contributed by atoms with Gasteiger partial charge in [0.2, 0.25) is 0 Å². The molecule has 700 valence electrons. The first kappa shape index (κ1) is 86.9. The molecule has 24 aromatic carbocycles. The van der Waals surface area contributed by atoms with Gasteiger partial charge in [0, 0.05) is 71.8 Å². The third-order valence-corrected chi connectivity index (χ3v) is 32.9. The zero-order valence-electron chi connectivity index (χ0n) is 83.0. The van der Waals surface area contributed by atoms with Crippen LogP contribution in [0, 0.1) is 0 Å². The molecule has 0 fully saturated rings. The van der Waals surface area contributed by atoms with Crippen LogP contribution in [0.5, 0.6) is 0 Å². The number of para-hydroxylation sites is 2. The summed E-state index contributed by atoms with van der Waals surface area (Å²) in [6.45, 7) is 9.47. The van der Waals surface area contributed by atoms with Crippen molar-refractivity contribution in [1.82, 2.24) is 0 Å². The molecule has 0 atom stereocenters. The zero-order valence-corrected chi connectivity index (χ0v) is 83.0. The van der Waals surface area contributed by atoms with Gasteiger partial charge in [-0.05, 0) is 280 Å². The van der Waals surface area contributed by atoms with E-state index < -0.39 is 5.41 Å². The Kier molecular flexibility index (Phi) is 20.0. The van der Waals surface area contributed by atoms with Gasteiger partial charge in [-0.15, -0.1) is 0 Å². The van der Waals surface area contributed by atoms with Crippen molar-refractivity contribution in [3.63, 3.8) is 0 Å². The van der Waals surface area contributed by atoms with E-state index in [-0.39, 0.29) is 10.8 Å². The molecule has 0 unspecified atom stereocenters. The van der Waals surface area contributed by atoms with E-state index in [1.165, 1.54) is 216 Å². The number of hydrogen-bond acceptors (Lipinski definition) is 4. The normalized spacial score (nSPS) is 13.3. The SMILES string of the molecule is CC1(C)c2ccccc2-c2ccc(N(c3ccc(-c4cccc5c4oc4ccccc45)cc3)c3ccc4c5c(cccc35)-c3ccccc3-4)cc21.CC1(C)c2ccccc2-c2cccc(N(c3ccc(-c4ccccc4)cc3)c3ccc4c5c(cccc35)-c3ccccc3-4)c21.c1ccc(-c2ccc(N(c3ccc4c(c3)C(c3ccccc3)(c3ccccc3)c3ccccc3-4)c3ccc4c5c(cccc35)-c3ccccc3-4)cc2)cc1. The minimum Gasteiger partial charge on any atom is -0.455 e. The molecule has 25 aromatic rings. The van der Waals surface area contributed by atoms with Crippen LogP contribution in [0.25, 0.3) is 188 Å². The van der Waals surface area contributed by atoms with Crippen molar-refractivity contribution in [2.45, 2.75) is 43.9 Å². The van der Waals surface area contributed by atoms with E-state index in [9.17, 15) is 0 Å². The maximum atomic E-state index is 6.44. The summed E-state index contributed by atoms with van der Waals surface area (Å²) in [6.07, 6.45) is 0. The van der Waals surface area contributed by atoms with Crippen molar-refractivity contribution in [3.05, 3.63) is 572 Å². The predicted molar refractivity (Wildman–Crippen MR) is 625 cm³/mol. The summed E-state index contributed by atoms with van der Waals surface area (Å²) < 4.78 is 6.44. The van der Waals surface area contributed by atoms with Crippen LogP contribution in [0.15, 0.2) is 532 Å². The number of rotatable bonds is 14. The fraction of sp³-hybridized carbons (Fsp3) is 0.0483. The predicted octanol–water partition coefficient (Wildman–Crippen LogP) is 39.7. The number of fused-ring (bicyclic) bond motifs is 21. The van der Waals surface area contributed by atoms with Gasteiger partial charge in [-0.2, -0.15) is 0 Å². The second kappa shape index (κ2) is 34.2. The highest BCUT2D eigenvalue weighted by Crippen LogP contribution is 2.63. The number of hydrogen-bond donors (Lipinski definition) is 0. The lowest BCUT2D eigenvalue weighted by atomic mass is 9.67. The van der Waals surface area contributed by atoms with Gasteiger partial charge in [0.1, 0.15) is 11.2 Å². The summed E-state index contributed by atoms with van der Waals surface area (Å²) in [5, 5.41) is 10.0. The zero-order chi connectivity index (χ0) is 98.9. The second-order valence-corrected chi connectivity index (χ2v) is 41.4. The Morgan fingerprint density at radius 1 is 0.168 bits per heavy atom. The van der Waals surface area contributed by atoms with Crippen LogP contribution >= 0.6 is 0 Å². The minimum absolute atomic E-state index is 0.105. The first-order valence-corrected chi connectivity index (χ1v) is 52.0. The first-order chi connectivity index (χ1) is 73.5. The van der Waals surface area contributed by atoms with E-state index in [1.54, 1.807) is 0 Å². The molecule has 31 rings (SSSR count). The van der Waals surface area contributed by atoms with E-state index >= 15 is 0 Å². The van der Waals surface area contributed by atoms with Crippen molar-refractivity contribution < 1.29 is 4.42 Å². The fourth-order valence-corrected chi connectivity index (χ4v) is 26.3. The van der Waals surface area contributed by atoms with Gasteiger partial charge in [-0.1, -0.05) is 464 Å². The van der Waals surface area contributed by atoms with Gasteiger partial charge in [0.05, 0.1) is 28.2 Å². The van der Waals surface area contributed by atoms with Gasteiger partial charge in [0.25, 0.3) is 0 Å². The molecule has 0 saturated carbocycles. The third kappa shape index (κ3) is 13.4. The van der Waals surface area contributed by atoms with Crippen LogP contribution in [0.2, 0.25) is 0 Å². The van der Waals surface area contributed by atoms with Gasteiger partial charge < -0.3 is 19.1 Å². The molecule has 6 aliphatic rings. The maximum absolute atomic E-state index is 6.44. The van der Waals surface area contributed by atoms with E-state index in [0.29, 0.717) is 0 Å². The number of benzene rings is 24. The van der Waals surface area contributed by atoms with Crippen LogP contribution < -0.4 is 14.7 Å². The molecule has 0 radical (unpaired) electrons. The van der Waals surface area contributed by atoms with Crippen LogP contribution in [-0.4, -0.2) is 0 Å². The lowest BCUT2D eigenvalue weighted by molar-refractivity contribution is 0.660. The van der Waals surface area contributed by atoms with Gasteiger partial charge in [-0.3, -0.25) is 0 Å². The summed E-state index contributed by atoms with van der Waals surface area (Å²) in [4.78, 5) is 7.44. The van der Waals surface area contributed by atoms with Crippen molar-refractivity contribution >= 4 is 105 Å². The topological polar surface area (TPSA) is 22.9 Å². The molecule has 149 heavy (non-hydrogen) atoms. The number of nitrogens with zero attached hydrogens (tertiary/aromatic N) is 3. The molecular weight excluding hydrogens is 1800 g/mol. The van der Waals surface area contributed by atoms with Crippen molar-refractivity contribution in [1.29, 1.82) is 0 Å². The Morgan fingerprint density at radius 2 is 0.463 bits per heavy atom. The Hall–Kier alpha value is -18.7. The Balaban J connectivity index is 0.000000106. The minimum atomic E-state index is -0.489. The standard InChI is InChI=1S/C53H35N.C49H33NO.C43H31N/c1-4-15-36(16-5-1)37-27-29-40(30-28-37)54(51-34-33-47-43-22-11-10-21-42(43)46-24-14-25-48(51)52(46)47)41-31-32-45-44-23-12-13-26-49(44)53(50(45)35-41,38-17-6-2-7-18-38)39-19-8-3-9-20-39;1-49(2)43-19-7-5-13-36(43)37-26-25-32(29-44(37)49)50(45-28-27-40-35-12-4-3-11-34(35)39-16-10-18-42(45)47(39)40)31-23-21-30(22-24-31)33-15-9-17-41-38-14-6-8-20-46(38)51-48(33)41;1-43(2)38-20-9-8-16-33(38)36-18-11-21-40(42(36)43)44(30-24-22-29(23-25-30)28-12-4-3-5-13-28)39-27-26-35-32-15-7-6-14-31(32)34-17-10-19-37(39)41(34)35/h1-35H;3-29H,1-2H3;3-27H,1-2H3. The lowest BCUT2D eigenvalue weighted by Crippen LogP contribution is -2.28. The van der Waals surface area contributed by atoms with Crippen LogP contribution in [0.1, 0.15) is 72.2 Å². The molecule has 1 aromatic heterocycles. The van der Waals surface area contributed by atoms with E-state index in [2.05, 4.69) is 558 Å². The van der Waals surface area contributed by atoms with Crippen molar-refractivity contribution in [3.8, 4) is 134 Å². The summed E-state index contributed by atoms with van der Waals surface area (Å²) >= 11 is 0. The molecule has 4 heteroatoms. The van der Waals surface area contributed by atoms with Gasteiger partial charge in [0.15, 0.2) is 0 Å². The summed E-state index contributed by atoms with van der Waals surface area (Å²) in [6, 6.07) is 194. The molecule has 0 bridgehead atoms. The molecule has 0 amide bonds. The Bertz CT molecular complexity index is 9630.